The maximum atomic E-state index is 12.9. The smallest absolute Gasteiger partial charge is 0.314 e. The van der Waals surface area contributed by atoms with E-state index >= 15 is 0 Å². The number of nitrogens with zero attached hydrogens (tertiary/aromatic N) is 1. The Labute approximate surface area is 163 Å². The summed E-state index contributed by atoms with van der Waals surface area (Å²) in [5, 5.41) is 7.00. The van der Waals surface area contributed by atoms with Gasteiger partial charge in [0.05, 0.1) is 5.56 Å². The Hall–Kier alpha value is -1.89. The number of halogens is 3. The highest BCUT2D eigenvalue weighted by molar-refractivity contribution is 5.65. The highest BCUT2D eigenvalue weighted by atomic mass is 19.4. The Morgan fingerprint density at radius 3 is 2.46 bits per heavy atom. The number of hydrogen-bond donors (Lipinski definition) is 2. The zero-order valence-corrected chi connectivity index (χ0v) is 15.8. The van der Waals surface area contributed by atoms with Gasteiger partial charge in [-0.25, -0.2) is 0 Å². The van der Waals surface area contributed by atoms with Crippen molar-refractivity contribution in [3.8, 4) is 11.1 Å². The summed E-state index contributed by atoms with van der Waals surface area (Å²) < 4.78 is 38.7. The van der Waals surface area contributed by atoms with Crippen molar-refractivity contribution in [2.45, 2.75) is 24.6 Å². The predicted molar refractivity (Wildman–Crippen MR) is 105 cm³/mol. The zero-order valence-electron chi connectivity index (χ0n) is 15.8. The summed E-state index contributed by atoms with van der Waals surface area (Å²) in [6, 6.07) is 14.0. The van der Waals surface area contributed by atoms with E-state index in [0.29, 0.717) is 17.5 Å². The van der Waals surface area contributed by atoms with E-state index in [9.17, 15) is 13.2 Å². The second-order valence-electron chi connectivity index (χ2n) is 7.70. The van der Waals surface area contributed by atoms with Crippen LogP contribution in [0.1, 0.15) is 23.5 Å². The van der Waals surface area contributed by atoms with E-state index in [2.05, 4.69) is 27.7 Å². The van der Waals surface area contributed by atoms with Crippen LogP contribution in [0.15, 0.2) is 48.5 Å². The number of hydrogen-bond acceptors (Lipinski definition) is 3. The molecule has 1 heterocycles. The van der Waals surface area contributed by atoms with Gasteiger partial charge in [0.1, 0.15) is 0 Å². The van der Waals surface area contributed by atoms with E-state index in [0.717, 1.165) is 57.3 Å². The van der Waals surface area contributed by atoms with E-state index in [4.69, 9.17) is 0 Å². The van der Waals surface area contributed by atoms with E-state index in [1.165, 1.54) is 17.7 Å². The number of nitrogens with one attached hydrogen (secondary N) is 2. The third-order valence-electron chi connectivity index (χ3n) is 5.70. The van der Waals surface area contributed by atoms with Crippen LogP contribution in [0.3, 0.4) is 0 Å². The van der Waals surface area contributed by atoms with Gasteiger partial charge in [0.25, 0.3) is 0 Å². The average molecular weight is 389 g/mol. The van der Waals surface area contributed by atoms with Gasteiger partial charge in [0, 0.05) is 51.2 Å². The summed E-state index contributed by atoms with van der Waals surface area (Å²) in [5.41, 5.74) is 2.07. The number of benzene rings is 2. The van der Waals surface area contributed by atoms with Crippen LogP contribution < -0.4 is 10.6 Å². The van der Waals surface area contributed by atoms with Gasteiger partial charge in [-0.1, -0.05) is 36.4 Å². The molecular weight excluding hydrogens is 363 g/mol. The van der Waals surface area contributed by atoms with Crippen molar-refractivity contribution in [2.24, 2.45) is 0 Å². The molecule has 2 aromatic rings. The van der Waals surface area contributed by atoms with Gasteiger partial charge < -0.3 is 10.6 Å². The third kappa shape index (κ3) is 4.74. The van der Waals surface area contributed by atoms with E-state index in [1.54, 1.807) is 6.07 Å². The van der Waals surface area contributed by atoms with Crippen molar-refractivity contribution in [2.75, 3.05) is 39.3 Å². The van der Waals surface area contributed by atoms with Crippen molar-refractivity contribution in [1.29, 1.82) is 0 Å². The quantitative estimate of drug-likeness (QED) is 0.789. The molecular formula is C22H26F3N3. The Bertz CT molecular complexity index is 782. The molecule has 0 spiro atoms. The summed E-state index contributed by atoms with van der Waals surface area (Å²) in [5.74, 6) is 0.513. The van der Waals surface area contributed by atoms with Crippen LogP contribution in [0.2, 0.25) is 0 Å². The molecule has 1 saturated carbocycles. The lowest BCUT2D eigenvalue weighted by Gasteiger charge is -2.27. The number of alkyl halides is 3. The molecule has 2 aromatic carbocycles. The van der Waals surface area contributed by atoms with Gasteiger partial charge in [-0.05, 0) is 35.2 Å². The van der Waals surface area contributed by atoms with Crippen LogP contribution >= 0.6 is 0 Å². The van der Waals surface area contributed by atoms with Crippen molar-refractivity contribution in [3.05, 3.63) is 59.7 Å². The summed E-state index contributed by atoms with van der Waals surface area (Å²) in [4.78, 5) is 2.48. The van der Waals surface area contributed by atoms with Crippen molar-refractivity contribution >= 4 is 0 Å². The minimum absolute atomic E-state index is 0.513. The molecule has 2 N–H and O–H groups in total. The second kappa shape index (κ2) is 8.23. The Kier molecular flexibility index (Phi) is 5.71. The Balaban J connectivity index is 1.31. The molecule has 150 valence electrons. The van der Waals surface area contributed by atoms with Crippen LogP contribution in [-0.4, -0.2) is 50.2 Å². The molecule has 4 rings (SSSR count). The molecule has 0 radical (unpaired) electrons. The molecule has 2 fully saturated rings. The largest absolute Gasteiger partial charge is 0.416 e. The first kappa shape index (κ1) is 19.4. The monoisotopic (exact) mass is 389 g/mol. The lowest BCUT2D eigenvalue weighted by Crippen LogP contribution is -2.46. The van der Waals surface area contributed by atoms with Crippen LogP contribution in [0, 0.1) is 0 Å². The minimum Gasteiger partial charge on any atom is -0.314 e. The fourth-order valence-electron chi connectivity index (χ4n) is 3.93. The first-order valence-electron chi connectivity index (χ1n) is 9.95. The topological polar surface area (TPSA) is 27.3 Å². The summed E-state index contributed by atoms with van der Waals surface area (Å²) in [6.07, 6.45) is -3.18. The van der Waals surface area contributed by atoms with Gasteiger partial charge in [-0.15, -0.1) is 0 Å². The maximum absolute atomic E-state index is 12.9. The van der Waals surface area contributed by atoms with Crippen molar-refractivity contribution < 1.29 is 13.2 Å². The van der Waals surface area contributed by atoms with Gasteiger partial charge in [0.15, 0.2) is 0 Å². The first-order chi connectivity index (χ1) is 13.5. The minimum atomic E-state index is -4.31. The van der Waals surface area contributed by atoms with E-state index in [1.807, 2.05) is 12.1 Å². The first-order valence-corrected chi connectivity index (χ1v) is 9.95. The van der Waals surface area contributed by atoms with E-state index < -0.39 is 11.7 Å². The highest BCUT2D eigenvalue weighted by Gasteiger charge is 2.37. The van der Waals surface area contributed by atoms with Crippen molar-refractivity contribution in [3.63, 3.8) is 0 Å². The third-order valence-corrected chi connectivity index (χ3v) is 5.70. The van der Waals surface area contributed by atoms with Gasteiger partial charge in [-0.2, -0.15) is 13.2 Å². The molecule has 28 heavy (non-hydrogen) atoms. The average Bonchev–Trinajstić information content (AvgIpc) is 3.48. The van der Waals surface area contributed by atoms with Crippen LogP contribution in [0.25, 0.3) is 11.1 Å². The molecule has 0 aromatic heterocycles. The van der Waals surface area contributed by atoms with E-state index in [-0.39, 0.29) is 0 Å². The van der Waals surface area contributed by atoms with Gasteiger partial charge >= 0.3 is 6.18 Å². The SMILES string of the molecule is FC(F)(F)c1cccc(-c2ccc([C@@H]3C[C@H]3NCCN3CCNCC3)cc2)c1. The molecule has 0 amide bonds. The highest BCUT2D eigenvalue weighted by Crippen LogP contribution is 2.41. The molecule has 1 aliphatic carbocycles. The molecule has 1 saturated heterocycles. The molecule has 3 nitrogen and oxygen atoms in total. The lowest BCUT2D eigenvalue weighted by atomic mass is 10.0. The number of rotatable bonds is 6. The summed E-state index contributed by atoms with van der Waals surface area (Å²) in [7, 11) is 0. The molecule has 2 aliphatic rings. The molecule has 0 bridgehead atoms. The van der Waals surface area contributed by atoms with Crippen LogP contribution in [-0.2, 0) is 6.18 Å². The lowest BCUT2D eigenvalue weighted by molar-refractivity contribution is -0.137. The fraction of sp³-hybridized carbons (Fsp3) is 0.455. The van der Waals surface area contributed by atoms with Crippen LogP contribution in [0.5, 0.6) is 0 Å². The van der Waals surface area contributed by atoms with Crippen LogP contribution in [0.4, 0.5) is 13.2 Å². The fourth-order valence-corrected chi connectivity index (χ4v) is 3.93. The normalized spacial score (nSPS) is 23.0. The second-order valence-corrected chi connectivity index (χ2v) is 7.70. The summed E-state index contributed by atoms with van der Waals surface area (Å²) >= 11 is 0. The zero-order chi connectivity index (χ0) is 19.6. The summed E-state index contributed by atoms with van der Waals surface area (Å²) in [6.45, 7) is 6.47. The van der Waals surface area contributed by atoms with Crippen molar-refractivity contribution in [1.82, 2.24) is 15.5 Å². The number of piperazine rings is 1. The molecule has 1 aliphatic heterocycles. The molecule has 2 atom stereocenters. The molecule has 6 heteroatoms. The standard InChI is InChI=1S/C22H26F3N3/c23-22(24,25)19-3-1-2-18(14-19)16-4-6-17(7-5-16)20-15-21(20)27-10-13-28-11-8-26-9-12-28/h1-7,14,20-21,26-27H,8-13,15H2/t20-,21+/m0/s1. The van der Waals surface area contributed by atoms with Gasteiger partial charge in [-0.3, -0.25) is 4.90 Å². The van der Waals surface area contributed by atoms with Gasteiger partial charge in [0.2, 0.25) is 0 Å². The maximum Gasteiger partial charge on any atom is 0.416 e. The predicted octanol–water partition coefficient (Wildman–Crippen LogP) is 3.72. The molecule has 0 unspecified atom stereocenters. The Morgan fingerprint density at radius 2 is 1.75 bits per heavy atom. The Morgan fingerprint density at radius 1 is 1.00 bits per heavy atom.